The number of nitrogens with one attached hydrogen (secondary N) is 1. The van der Waals surface area contributed by atoms with Gasteiger partial charge in [-0.1, -0.05) is 12.1 Å². The van der Waals surface area contributed by atoms with Crippen molar-refractivity contribution in [1.82, 2.24) is 10.2 Å². The van der Waals surface area contributed by atoms with Crippen LogP contribution in [0.25, 0.3) is 0 Å². The number of nitrogens with zero attached hydrogens (tertiary/aromatic N) is 1. The lowest BCUT2D eigenvalue weighted by Gasteiger charge is -2.32. The summed E-state index contributed by atoms with van der Waals surface area (Å²) in [5.41, 5.74) is 1.40. The zero-order valence-corrected chi connectivity index (χ0v) is 13.3. The van der Waals surface area contributed by atoms with E-state index in [1.165, 1.54) is 12.8 Å². The lowest BCUT2D eigenvalue weighted by molar-refractivity contribution is -0.126. The predicted octanol–water partition coefficient (Wildman–Crippen LogP) is 1.56. The molecule has 2 fully saturated rings. The van der Waals surface area contributed by atoms with Crippen LogP contribution in [0.5, 0.6) is 0 Å². The average molecular weight is 316 g/mol. The van der Waals surface area contributed by atoms with Gasteiger partial charge in [-0.3, -0.25) is 9.59 Å². The summed E-state index contributed by atoms with van der Waals surface area (Å²) in [5.74, 6) is 0.632. The van der Waals surface area contributed by atoms with Crippen molar-refractivity contribution < 1.29 is 14.7 Å². The Bertz CT molecular complexity index is 566. The van der Waals surface area contributed by atoms with Gasteiger partial charge in [-0.15, -0.1) is 0 Å². The molecule has 0 radical (unpaired) electrons. The molecule has 1 aliphatic carbocycles. The molecule has 2 aliphatic rings. The second-order valence-corrected chi connectivity index (χ2v) is 6.63. The Balaban J connectivity index is 1.57. The van der Waals surface area contributed by atoms with Gasteiger partial charge in [-0.05, 0) is 49.3 Å². The third-order valence-electron chi connectivity index (χ3n) is 4.72. The van der Waals surface area contributed by atoms with Crippen LogP contribution in [0.1, 0.15) is 41.6 Å². The van der Waals surface area contributed by atoms with Gasteiger partial charge in [0.1, 0.15) is 0 Å². The van der Waals surface area contributed by atoms with Gasteiger partial charge in [-0.25, -0.2) is 0 Å². The standard InChI is InChI=1S/C18H24N2O3/c21-12-14-5-7-15(8-6-14)18(23)20-9-1-2-16(11-20)17(22)19-10-13-3-4-13/h5-8,13,16,21H,1-4,9-12H2,(H,19,22). The molecule has 5 nitrogen and oxygen atoms in total. The number of carbonyl (C=O) groups excluding carboxylic acids is 2. The molecule has 1 unspecified atom stereocenters. The van der Waals surface area contributed by atoms with E-state index in [1.54, 1.807) is 29.2 Å². The third-order valence-corrected chi connectivity index (χ3v) is 4.72. The van der Waals surface area contributed by atoms with E-state index in [-0.39, 0.29) is 24.3 Å². The van der Waals surface area contributed by atoms with E-state index in [4.69, 9.17) is 5.11 Å². The van der Waals surface area contributed by atoms with Gasteiger partial charge in [-0.2, -0.15) is 0 Å². The number of carbonyl (C=O) groups is 2. The summed E-state index contributed by atoms with van der Waals surface area (Å²) in [6.07, 6.45) is 4.16. The van der Waals surface area contributed by atoms with Gasteiger partial charge < -0.3 is 15.3 Å². The maximum Gasteiger partial charge on any atom is 0.253 e. The molecule has 1 aliphatic heterocycles. The first-order valence-corrected chi connectivity index (χ1v) is 8.44. The Hall–Kier alpha value is -1.88. The summed E-state index contributed by atoms with van der Waals surface area (Å²) >= 11 is 0. The summed E-state index contributed by atoms with van der Waals surface area (Å²) in [6, 6.07) is 7.00. The molecule has 1 aromatic carbocycles. The first kappa shape index (κ1) is 16.0. The van der Waals surface area contributed by atoms with E-state index in [2.05, 4.69) is 5.32 Å². The van der Waals surface area contributed by atoms with E-state index < -0.39 is 0 Å². The van der Waals surface area contributed by atoms with Crippen LogP contribution in [0.15, 0.2) is 24.3 Å². The Kier molecular flexibility index (Phi) is 4.96. The van der Waals surface area contributed by atoms with E-state index in [0.29, 0.717) is 24.6 Å². The number of aliphatic hydroxyl groups is 1. The van der Waals surface area contributed by atoms with Crippen LogP contribution in [0.3, 0.4) is 0 Å². The minimum absolute atomic E-state index is 0.0264. The smallest absolute Gasteiger partial charge is 0.253 e. The minimum atomic E-state index is -0.0943. The zero-order valence-electron chi connectivity index (χ0n) is 13.3. The van der Waals surface area contributed by atoms with E-state index in [1.807, 2.05) is 0 Å². The number of piperidine rings is 1. The maximum absolute atomic E-state index is 12.6. The number of rotatable bonds is 5. The lowest BCUT2D eigenvalue weighted by Crippen LogP contribution is -2.45. The fraction of sp³-hybridized carbons (Fsp3) is 0.556. The number of likely N-dealkylation sites (tertiary alicyclic amines) is 1. The van der Waals surface area contributed by atoms with Gasteiger partial charge >= 0.3 is 0 Å². The molecule has 1 heterocycles. The average Bonchev–Trinajstić information content (AvgIpc) is 3.43. The molecule has 2 amide bonds. The van der Waals surface area contributed by atoms with Crippen LogP contribution in [0, 0.1) is 11.8 Å². The molecule has 1 aromatic rings. The number of aliphatic hydroxyl groups excluding tert-OH is 1. The highest BCUT2D eigenvalue weighted by Gasteiger charge is 2.30. The van der Waals surface area contributed by atoms with E-state index in [0.717, 1.165) is 24.9 Å². The minimum Gasteiger partial charge on any atom is -0.392 e. The molecule has 0 bridgehead atoms. The second kappa shape index (κ2) is 7.13. The van der Waals surface area contributed by atoms with Crippen molar-refractivity contribution in [2.75, 3.05) is 19.6 Å². The molecule has 124 valence electrons. The topological polar surface area (TPSA) is 69.6 Å². The fourth-order valence-corrected chi connectivity index (χ4v) is 3.02. The van der Waals surface area contributed by atoms with Crippen LogP contribution in [0.4, 0.5) is 0 Å². The predicted molar refractivity (Wildman–Crippen MR) is 86.7 cm³/mol. The Morgan fingerprint density at radius 1 is 1.17 bits per heavy atom. The summed E-state index contributed by atoms with van der Waals surface area (Å²) in [7, 11) is 0. The quantitative estimate of drug-likeness (QED) is 0.866. The molecule has 1 saturated carbocycles. The van der Waals surface area contributed by atoms with E-state index >= 15 is 0 Å². The van der Waals surface area contributed by atoms with Crippen molar-refractivity contribution in [3.8, 4) is 0 Å². The molecule has 1 saturated heterocycles. The van der Waals surface area contributed by atoms with Crippen LogP contribution >= 0.6 is 0 Å². The zero-order chi connectivity index (χ0) is 16.2. The Labute approximate surface area is 136 Å². The van der Waals surface area contributed by atoms with Gasteiger partial charge in [0.15, 0.2) is 0 Å². The van der Waals surface area contributed by atoms with Crippen LogP contribution < -0.4 is 5.32 Å². The molecular weight excluding hydrogens is 292 g/mol. The Morgan fingerprint density at radius 3 is 2.57 bits per heavy atom. The maximum atomic E-state index is 12.6. The highest BCUT2D eigenvalue weighted by atomic mass is 16.3. The molecule has 1 atom stereocenters. The summed E-state index contributed by atoms with van der Waals surface area (Å²) in [5, 5.41) is 12.1. The van der Waals surface area contributed by atoms with Crippen LogP contribution in [0.2, 0.25) is 0 Å². The molecular formula is C18H24N2O3. The highest BCUT2D eigenvalue weighted by Crippen LogP contribution is 2.28. The molecule has 0 aromatic heterocycles. The molecule has 2 N–H and O–H groups in total. The van der Waals surface area contributed by atoms with Crippen molar-refractivity contribution in [2.24, 2.45) is 11.8 Å². The number of amides is 2. The van der Waals surface area contributed by atoms with Gasteiger partial charge in [0.2, 0.25) is 5.91 Å². The summed E-state index contributed by atoms with van der Waals surface area (Å²) < 4.78 is 0. The molecule has 3 rings (SSSR count). The first-order chi connectivity index (χ1) is 11.2. The normalized spacial score (nSPS) is 21.1. The summed E-state index contributed by atoms with van der Waals surface area (Å²) in [6.45, 7) is 1.96. The van der Waals surface area contributed by atoms with Crippen molar-refractivity contribution >= 4 is 11.8 Å². The van der Waals surface area contributed by atoms with Crippen LogP contribution in [-0.4, -0.2) is 41.5 Å². The SMILES string of the molecule is O=C(NCC1CC1)C1CCCN(C(=O)c2ccc(CO)cc2)C1. The number of hydrogen-bond acceptors (Lipinski definition) is 3. The third kappa shape index (κ3) is 4.10. The number of benzene rings is 1. The molecule has 5 heteroatoms. The molecule has 0 spiro atoms. The lowest BCUT2D eigenvalue weighted by atomic mass is 9.96. The largest absolute Gasteiger partial charge is 0.392 e. The van der Waals surface area contributed by atoms with Crippen LogP contribution in [-0.2, 0) is 11.4 Å². The van der Waals surface area contributed by atoms with Crippen molar-refractivity contribution in [2.45, 2.75) is 32.3 Å². The van der Waals surface area contributed by atoms with E-state index in [9.17, 15) is 9.59 Å². The monoisotopic (exact) mass is 316 g/mol. The highest BCUT2D eigenvalue weighted by molar-refractivity contribution is 5.94. The van der Waals surface area contributed by atoms with Gasteiger partial charge in [0.25, 0.3) is 5.91 Å². The Morgan fingerprint density at radius 2 is 1.91 bits per heavy atom. The van der Waals surface area contributed by atoms with Gasteiger partial charge in [0, 0.05) is 25.2 Å². The first-order valence-electron chi connectivity index (χ1n) is 8.44. The van der Waals surface area contributed by atoms with Crippen molar-refractivity contribution in [3.05, 3.63) is 35.4 Å². The van der Waals surface area contributed by atoms with Crippen molar-refractivity contribution in [1.29, 1.82) is 0 Å². The summed E-state index contributed by atoms with van der Waals surface area (Å²) in [4.78, 5) is 26.6. The number of hydrogen-bond donors (Lipinski definition) is 2. The van der Waals surface area contributed by atoms with Gasteiger partial charge in [0.05, 0.1) is 12.5 Å². The molecule has 23 heavy (non-hydrogen) atoms. The fourth-order valence-electron chi connectivity index (χ4n) is 3.02. The second-order valence-electron chi connectivity index (χ2n) is 6.63. The van der Waals surface area contributed by atoms with Crippen molar-refractivity contribution in [3.63, 3.8) is 0 Å².